The molecule has 0 atom stereocenters. The van der Waals surface area contributed by atoms with Crippen molar-refractivity contribution in [1.29, 1.82) is 0 Å². The molecular formula is C13H21N5O6. The molecule has 134 valence electrons. The normalized spacial score (nSPS) is 11.3. The highest BCUT2D eigenvalue weighted by molar-refractivity contribution is 6.36. The van der Waals surface area contributed by atoms with E-state index in [0.717, 1.165) is 0 Å². The lowest BCUT2D eigenvalue weighted by Crippen LogP contribution is -2.27. The van der Waals surface area contributed by atoms with E-state index in [9.17, 15) is 9.59 Å². The molecular weight excluding hydrogens is 322 g/mol. The van der Waals surface area contributed by atoms with Gasteiger partial charge in [-0.1, -0.05) is 5.16 Å². The van der Waals surface area contributed by atoms with Gasteiger partial charge in [0.1, 0.15) is 5.82 Å². The fourth-order valence-corrected chi connectivity index (χ4v) is 1.76. The number of hydrogen-bond acceptors (Lipinski definition) is 10. The number of esters is 1. The molecule has 0 saturated heterocycles. The lowest BCUT2D eigenvalue weighted by atomic mass is 10.1. The molecule has 0 aliphatic rings. The van der Waals surface area contributed by atoms with E-state index >= 15 is 0 Å². The summed E-state index contributed by atoms with van der Waals surface area (Å²) >= 11 is 0. The van der Waals surface area contributed by atoms with Gasteiger partial charge in [0, 0.05) is 13.0 Å². The molecule has 24 heavy (non-hydrogen) atoms. The molecule has 1 aromatic rings. The van der Waals surface area contributed by atoms with Gasteiger partial charge in [-0.25, -0.2) is 4.79 Å². The zero-order chi connectivity index (χ0) is 17.9. The molecule has 0 fully saturated rings. The Balaban J connectivity index is 2.92. The summed E-state index contributed by atoms with van der Waals surface area (Å²) < 4.78 is 9.83. The van der Waals surface area contributed by atoms with E-state index in [2.05, 4.69) is 20.4 Å². The Morgan fingerprint density at radius 1 is 1.46 bits per heavy atom. The Kier molecular flexibility index (Phi) is 8.22. The fraction of sp³-hybridized carbons (Fsp3) is 0.538. The van der Waals surface area contributed by atoms with E-state index in [4.69, 9.17) is 25.5 Å². The van der Waals surface area contributed by atoms with E-state index in [0.29, 0.717) is 0 Å². The minimum absolute atomic E-state index is 0.0622. The summed E-state index contributed by atoms with van der Waals surface area (Å²) in [5.41, 5.74) is 4.65. The first kappa shape index (κ1) is 19.4. The number of carbonyl (C=O) groups excluding carboxylic acids is 1. The van der Waals surface area contributed by atoms with Crippen LogP contribution in [0.3, 0.4) is 0 Å². The number of hydrogen-bond donors (Lipinski definition) is 5. The standard InChI is InChI=1S/C13H21N5O6/c1-2-24-12(21)9(18-22)7-8-10(15-3-5-23-6-4-19)16-13(14)17-11(8)20/h19,22H,2-7H2,1H3,(H4,14,15,16,17,20)/b18-9-. The number of aliphatic hydroxyl groups excluding tert-OH is 1. The van der Waals surface area contributed by atoms with Crippen molar-refractivity contribution >= 4 is 23.4 Å². The van der Waals surface area contributed by atoms with Crippen molar-refractivity contribution in [3.63, 3.8) is 0 Å². The highest BCUT2D eigenvalue weighted by Gasteiger charge is 2.20. The van der Waals surface area contributed by atoms with Crippen molar-refractivity contribution in [1.82, 2.24) is 9.97 Å². The fourth-order valence-electron chi connectivity index (χ4n) is 1.76. The van der Waals surface area contributed by atoms with Crippen molar-refractivity contribution in [2.75, 3.05) is 44.0 Å². The van der Waals surface area contributed by atoms with Crippen LogP contribution in [0, 0.1) is 0 Å². The number of anilines is 2. The molecule has 0 spiro atoms. The van der Waals surface area contributed by atoms with Gasteiger partial charge in [-0.05, 0) is 6.92 Å². The Bertz CT molecular complexity index is 630. The second-order valence-corrected chi connectivity index (χ2v) is 4.49. The van der Waals surface area contributed by atoms with Gasteiger partial charge in [0.25, 0.3) is 5.56 Å². The van der Waals surface area contributed by atoms with Crippen molar-refractivity contribution in [2.24, 2.45) is 5.16 Å². The first-order chi connectivity index (χ1) is 11.5. The third-order valence-electron chi connectivity index (χ3n) is 2.78. The van der Waals surface area contributed by atoms with Crippen LogP contribution in [-0.4, -0.2) is 64.9 Å². The number of carbonyl (C=O) groups is 1. The maximum atomic E-state index is 12.1. The number of oxime groups is 1. The van der Waals surface area contributed by atoms with E-state index in [-0.39, 0.29) is 62.4 Å². The zero-order valence-electron chi connectivity index (χ0n) is 13.2. The van der Waals surface area contributed by atoms with Crippen molar-refractivity contribution < 1.29 is 24.6 Å². The lowest BCUT2D eigenvalue weighted by molar-refractivity contribution is -0.135. The average molecular weight is 343 g/mol. The van der Waals surface area contributed by atoms with Crippen LogP contribution in [0.2, 0.25) is 0 Å². The molecule has 0 radical (unpaired) electrons. The van der Waals surface area contributed by atoms with Gasteiger partial charge in [0.2, 0.25) is 5.95 Å². The quantitative estimate of drug-likeness (QED) is 0.114. The monoisotopic (exact) mass is 343 g/mol. The van der Waals surface area contributed by atoms with E-state index in [1.165, 1.54) is 0 Å². The molecule has 0 aliphatic carbocycles. The number of rotatable bonds is 10. The van der Waals surface area contributed by atoms with Crippen molar-refractivity contribution in [2.45, 2.75) is 13.3 Å². The molecule has 0 bridgehead atoms. The summed E-state index contributed by atoms with van der Waals surface area (Å²) in [4.78, 5) is 30.0. The van der Waals surface area contributed by atoms with Gasteiger partial charge >= 0.3 is 5.97 Å². The second-order valence-electron chi connectivity index (χ2n) is 4.49. The topological polar surface area (TPSA) is 172 Å². The average Bonchev–Trinajstić information content (AvgIpc) is 2.54. The first-order valence-electron chi connectivity index (χ1n) is 7.22. The predicted molar refractivity (Wildman–Crippen MR) is 85.2 cm³/mol. The second kappa shape index (κ2) is 10.2. The molecule has 0 aromatic carbocycles. The summed E-state index contributed by atoms with van der Waals surface area (Å²) in [6, 6.07) is 0. The first-order valence-corrected chi connectivity index (χ1v) is 7.22. The number of H-pyrrole nitrogens is 1. The maximum Gasteiger partial charge on any atom is 0.356 e. The number of aromatic nitrogens is 2. The molecule has 6 N–H and O–H groups in total. The molecule has 0 unspecified atom stereocenters. The van der Waals surface area contributed by atoms with Crippen molar-refractivity contribution in [3.05, 3.63) is 15.9 Å². The van der Waals surface area contributed by atoms with Crippen LogP contribution in [0.5, 0.6) is 0 Å². The smallest absolute Gasteiger partial charge is 0.356 e. The number of nitrogens with two attached hydrogens (primary N) is 1. The van der Waals surface area contributed by atoms with Gasteiger partial charge in [0.15, 0.2) is 5.71 Å². The number of nitrogen functional groups attached to an aromatic ring is 1. The van der Waals surface area contributed by atoms with Crippen LogP contribution >= 0.6 is 0 Å². The van der Waals surface area contributed by atoms with Crippen LogP contribution in [0.1, 0.15) is 12.5 Å². The van der Waals surface area contributed by atoms with Gasteiger partial charge in [-0.15, -0.1) is 0 Å². The number of nitrogens with zero attached hydrogens (tertiary/aromatic N) is 2. The third kappa shape index (κ3) is 5.85. The van der Waals surface area contributed by atoms with Crippen LogP contribution in [-0.2, 0) is 20.7 Å². The lowest BCUT2D eigenvalue weighted by Gasteiger charge is -2.11. The SMILES string of the molecule is CCOC(=O)/C(Cc1c(NCCOCCO)nc(N)[nH]c1=O)=N\O. The highest BCUT2D eigenvalue weighted by atomic mass is 16.5. The Hall–Kier alpha value is -2.66. The maximum absolute atomic E-state index is 12.1. The molecule has 0 amide bonds. The number of nitrogens with one attached hydrogen (secondary N) is 2. The molecule has 1 rings (SSSR count). The van der Waals surface area contributed by atoms with E-state index in [1.54, 1.807) is 6.92 Å². The third-order valence-corrected chi connectivity index (χ3v) is 2.78. The minimum Gasteiger partial charge on any atom is -0.461 e. The van der Waals surface area contributed by atoms with Gasteiger partial charge in [-0.2, -0.15) is 4.98 Å². The number of ether oxygens (including phenoxy) is 2. The van der Waals surface area contributed by atoms with Crippen LogP contribution in [0.4, 0.5) is 11.8 Å². The Morgan fingerprint density at radius 3 is 2.83 bits per heavy atom. The summed E-state index contributed by atoms with van der Waals surface area (Å²) in [6.07, 6.45) is -0.294. The summed E-state index contributed by atoms with van der Waals surface area (Å²) in [5.74, 6) is -0.816. The van der Waals surface area contributed by atoms with Crippen LogP contribution in [0.25, 0.3) is 0 Å². The van der Waals surface area contributed by atoms with Crippen LogP contribution in [0.15, 0.2) is 9.95 Å². The molecule has 1 heterocycles. The molecule has 0 aliphatic heterocycles. The van der Waals surface area contributed by atoms with Crippen LogP contribution < -0.4 is 16.6 Å². The molecule has 1 aromatic heterocycles. The summed E-state index contributed by atoms with van der Waals surface area (Å²) in [7, 11) is 0. The number of aliphatic hydroxyl groups is 1. The summed E-state index contributed by atoms with van der Waals surface area (Å²) in [6.45, 7) is 2.33. The molecule has 11 nitrogen and oxygen atoms in total. The van der Waals surface area contributed by atoms with Gasteiger partial charge < -0.3 is 30.8 Å². The highest BCUT2D eigenvalue weighted by Crippen LogP contribution is 2.10. The predicted octanol–water partition coefficient (Wildman–Crippen LogP) is -1.29. The Labute approximate surface area is 137 Å². The van der Waals surface area contributed by atoms with E-state index < -0.39 is 11.5 Å². The molecule has 0 saturated carbocycles. The minimum atomic E-state index is -0.839. The van der Waals surface area contributed by atoms with E-state index in [1.807, 2.05) is 0 Å². The number of aromatic amines is 1. The largest absolute Gasteiger partial charge is 0.461 e. The Morgan fingerprint density at radius 2 is 2.21 bits per heavy atom. The van der Waals surface area contributed by atoms with Gasteiger partial charge in [-0.3, -0.25) is 9.78 Å². The van der Waals surface area contributed by atoms with Gasteiger partial charge in [0.05, 0.1) is 32.0 Å². The molecule has 11 heteroatoms. The van der Waals surface area contributed by atoms with Crippen molar-refractivity contribution in [3.8, 4) is 0 Å². The summed E-state index contributed by atoms with van der Waals surface area (Å²) in [5, 5.41) is 23.3. The zero-order valence-corrected chi connectivity index (χ0v) is 13.2.